The van der Waals surface area contributed by atoms with Crippen molar-refractivity contribution in [1.82, 2.24) is 5.32 Å². The van der Waals surface area contributed by atoms with Gasteiger partial charge < -0.3 is 5.32 Å². The van der Waals surface area contributed by atoms with Crippen LogP contribution in [0.25, 0.3) is 0 Å². The number of carbonyl (C=O) groups excluding carboxylic acids is 1. The second-order valence-corrected chi connectivity index (χ2v) is 7.62. The molecule has 0 saturated heterocycles. The lowest BCUT2D eigenvalue weighted by atomic mass is 9.94. The summed E-state index contributed by atoms with van der Waals surface area (Å²) >= 11 is 5.49. The smallest absolute Gasteiger partial charge is 0.254 e. The highest BCUT2D eigenvalue weighted by atomic mass is 35.5. The first-order valence-electron chi connectivity index (χ1n) is 7.27. The summed E-state index contributed by atoms with van der Waals surface area (Å²) in [6, 6.07) is 1.77. The third-order valence-corrected chi connectivity index (χ3v) is 6.08. The van der Waals surface area contributed by atoms with E-state index in [0.717, 1.165) is 31.4 Å². The Bertz CT molecular complexity index is 597. The summed E-state index contributed by atoms with van der Waals surface area (Å²) in [6.45, 7) is 1.84. The van der Waals surface area contributed by atoms with E-state index in [2.05, 4.69) is 5.32 Å². The van der Waals surface area contributed by atoms with Gasteiger partial charge in [0.1, 0.15) is 10.8 Å². The van der Waals surface area contributed by atoms with Crippen LogP contribution in [0.5, 0.6) is 0 Å². The quantitative estimate of drug-likeness (QED) is 0.846. The third kappa shape index (κ3) is 3.66. The van der Waals surface area contributed by atoms with Crippen LogP contribution in [0.3, 0.4) is 0 Å². The Morgan fingerprint density at radius 2 is 2.05 bits per heavy atom. The molecule has 0 radical (unpaired) electrons. The van der Waals surface area contributed by atoms with Gasteiger partial charge >= 0.3 is 0 Å². The van der Waals surface area contributed by atoms with Gasteiger partial charge in [0.25, 0.3) is 5.91 Å². The van der Waals surface area contributed by atoms with Gasteiger partial charge in [-0.2, -0.15) is 0 Å². The minimum absolute atomic E-state index is 0.123. The van der Waals surface area contributed by atoms with E-state index in [1.54, 1.807) is 0 Å². The fourth-order valence-corrected chi connectivity index (χ4v) is 4.33. The summed E-state index contributed by atoms with van der Waals surface area (Å²) in [5.41, 5.74) is -0.294. The van der Waals surface area contributed by atoms with Crippen molar-refractivity contribution >= 4 is 28.3 Å². The molecule has 1 aliphatic rings. The Kier molecular flexibility index (Phi) is 5.92. The predicted octanol–water partition coefficient (Wildman–Crippen LogP) is 3.43. The minimum atomic E-state index is -1.07. The van der Waals surface area contributed by atoms with Crippen LogP contribution in [0.1, 0.15) is 43.0 Å². The first-order valence-corrected chi connectivity index (χ1v) is 9.03. The van der Waals surface area contributed by atoms with Gasteiger partial charge in [-0.15, -0.1) is 0 Å². The van der Waals surface area contributed by atoms with Crippen LogP contribution in [0.2, 0.25) is 5.02 Å². The molecule has 3 nitrogen and oxygen atoms in total. The molecule has 0 bridgehead atoms. The van der Waals surface area contributed by atoms with Crippen LogP contribution >= 0.6 is 11.6 Å². The van der Waals surface area contributed by atoms with Gasteiger partial charge in [-0.25, -0.2) is 8.78 Å². The van der Waals surface area contributed by atoms with Crippen LogP contribution in [0.15, 0.2) is 12.1 Å². The first kappa shape index (κ1) is 17.3. The lowest BCUT2D eigenvalue weighted by molar-refractivity contribution is 0.0925. The number of hydrogen-bond acceptors (Lipinski definition) is 2. The summed E-state index contributed by atoms with van der Waals surface area (Å²) in [4.78, 5) is 12.2. The first-order chi connectivity index (χ1) is 10.5. The van der Waals surface area contributed by atoms with Crippen molar-refractivity contribution in [1.29, 1.82) is 0 Å². The molecule has 1 N–H and O–H groups in total. The van der Waals surface area contributed by atoms with E-state index < -0.39 is 33.4 Å². The number of benzene rings is 1. The molecule has 122 valence electrons. The molecule has 1 amide bonds. The van der Waals surface area contributed by atoms with E-state index in [1.165, 1.54) is 0 Å². The van der Waals surface area contributed by atoms with E-state index in [4.69, 9.17) is 11.6 Å². The van der Waals surface area contributed by atoms with Crippen LogP contribution < -0.4 is 5.32 Å². The molecule has 3 atom stereocenters. The van der Waals surface area contributed by atoms with Gasteiger partial charge in [0.15, 0.2) is 5.82 Å². The lowest BCUT2D eigenvalue weighted by Gasteiger charge is -2.31. The monoisotopic (exact) mass is 349 g/mol. The van der Waals surface area contributed by atoms with Crippen LogP contribution in [0, 0.1) is 11.6 Å². The standard InChI is InChI=1S/C15H18ClF2NO2S/c1-2-22(21)12-6-4-3-5-11(12)19-15(20)9-7-8-10(17)13(16)14(9)18/h7-8,11-12H,2-6H2,1H3,(H,19,20)/t11-,12-,22+/m1/s1. The van der Waals surface area contributed by atoms with Crippen molar-refractivity contribution in [3.8, 4) is 0 Å². The Labute approximate surface area is 135 Å². The summed E-state index contributed by atoms with van der Waals surface area (Å²) in [7, 11) is -1.02. The minimum Gasteiger partial charge on any atom is -0.348 e. The molecule has 1 fully saturated rings. The van der Waals surface area contributed by atoms with Crippen LogP contribution in [0.4, 0.5) is 8.78 Å². The SMILES string of the molecule is CC[S@](=O)[C@@H]1CCCC[C@H]1NC(=O)c1ccc(F)c(Cl)c1F. The Morgan fingerprint density at radius 3 is 2.73 bits per heavy atom. The average molecular weight is 350 g/mol. The summed E-state index contributed by atoms with van der Waals surface area (Å²) in [5.74, 6) is -2.10. The Morgan fingerprint density at radius 1 is 1.36 bits per heavy atom. The molecule has 0 spiro atoms. The molecule has 0 aromatic heterocycles. The van der Waals surface area contributed by atoms with Crippen molar-refractivity contribution in [3.63, 3.8) is 0 Å². The van der Waals surface area contributed by atoms with Crippen LogP contribution in [-0.2, 0) is 10.8 Å². The lowest BCUT2D eigenvalue weighted by Crippen LogP contribution is -2.47. The molecule has 1 saturated carbocycles. The van der Waals surface area contributed by atoms with Crippen molar-refractivity contribution in [2.24, 2.45) is 0 Å². The molecule has 1 aliphatic carbocycles. The number of carbonyl (C=O) groups is 1. The van der Waals surface area contributed by atoms with E-state index >= 15 is 0 Å². The van der Waals surface area contributed by atoms with E-state index in [1.807, 2.05) is 6.92 Å². The number of hydrogen-bond donors (Lipinski definition) is 1. The zero-order valence-electron chi connectivity index (χ0n) is 12.2. The maximum atomic E-state index is 13.9. The summed E-state index contributed by atoms with van der Waals surface area (Å²) in [5, 5.41) is 1.92. The second kappa shape index (κ2) is 7.51. The molecule has 2 rings (SSSR count). The fraction of sp³-hybridized carbons (Fsp3) is 0.533. The second-order valence-electron chi connectivity index (χ2n) is 5.30. The summed E-state index contributed by atoms with van der Waals surface area (Å²) in [6.07, 6.45) is 3.38. The number of amides is 1. The molecule has 0 aliphatic heterocycles. The van der Waals surface area contributed by atoms with Gasteiger partial charge in [-0.3, -0.25) is 9.00 Å². The highest BCUT2D eigenvalue weighted by molar-refractivity contribution is 7.85. The maximum Gasteiger partial charge on any atom is 0.254 e. The Hall–Kier alpha value is -1.01. The van der Waals surface area contributed by atoms with Crippen molar-refractivity contribution < 1.29 is 17.8 Å². The van der Waals surface area contributed by atoms with Gasteiger partial charge in [0.05, 0.1) is 10.8 Å². The number of nitrogens with one attached hydrogen (secondary N) is 1. The topological polar surface area (TPSA) is 46.2 Å². The van der Waals surface area contributed by atoms with Crippen molar-refractivity contribution in [2.45, 2.75) is 43.9 Å². The largest absolute Gasteiger partial charge is 0.348 e. The van der Waals surface area contributed by atoms with E-state index in [-0.39, 0.29) is 16.9 Å². The van der Waals surface area contributed by atoms with Crippen molar-refractivity contribution in [3.05, 3.63) is 34.4 Å². The number of halogens is 3. The van der Waals surface area contributed by atoms with Gasteiger partial charge in [0, 0.05) is 22.6 Å². The van der Waals surface area contributed by atoms with Gasteiger partial charge in [0.2, 0.25) is 0 Å². The highest BCUT2D eigenvalue weighted by Crippen LogP contribution is 2.25. The molecule has 0 heterocycles. The fourth-order valence-electron chi connectivity index (χ4n) is 2.74. The van der Waals surface area contributed by atoms with E-state index in [0.29, 0.717) is 12.2 Å². The van der Waals surface area contributed by atoms with Crippen LogP contribution in [-0.4, -0.2) is 27.2 Å². The maximum absolute atomic E-state index is 13.9. The molecular weight excluding hydrogens is 332 g/mol. The summed E-state index contributed by atoms with van der Waals surface area (Å²) < 4.78 is 39.1. The molecule has 7 heteroatoms. The van der Waals surface area contributed by atoms with Gasteiger partial charge in [-0.1, -0.05) is 31.4 Å². The molecule has 1 aromatic carbocycles. The average Bonchev–Trinajstić information content (AvgIpc) is 2.52. The number of rotatable bonds is 4. The Balaban J connectivity index is 2.17. The van der Waals surface area contributed by atoms with E-state index in [9.17, 15) is 17.8 Å². The molecular formula is C15H18ClF2NO2S. The highest BCUT2D eigenvalue weighted by Gasteiger charge is 2.31. The normalized spacial score (nSPS) is 23.1. The molecule has 22 heavy (non-hydrogen) atoms. The van der Waals surface area contributed by atoms with Gasteiger partial charge in [-0.05, 0) is 25.0 Å². The molecule has 1 aromatic rings. The zero-order chi connectivity index (χ0) is 16.3. The predicted molar refractivity (Wildman–Crippen MR) is 83.6 cm³/mol. The zero-order valence-corrected chi connectivity index (χ0v) is 13.8. The molecule has 0 unspecified atom stereocenters. The van der Waals surface area contributed by atoms with Crippen molar-refractivity contribution in [2.75, 3.05) is 5.75 Å². The third-order valence-electron chi connectivity index (χ3n) is 3.92.